The molecular weight excluding hydrogens is 425 g/mol. The Kier molecular flexibility index (Phi) is 6.23. The molecule has 0 aliphatic rings. The third kappa shape index (κ3) is 3.83. The Bertz CT molecular complexity index is 958. The molecule has 2 aromatic carbocycles. The molecule has 1 aromatic heterocycles. The van der Waals surface area contributed by atoms with Crippen molar-refractivity contribution in [2.24, 2.45) is 10.9 Å². The first kappa shape index (κ1) is 19.8. The fraction of sp³-hybridized carbons (Fsp3) is 0.200. The van der Waals surface area contributed by atoms with Gasteiger partial charge in [-0.3, -0.25) is 0 Å². The number of aromatic nitrogens is 1. The number of nitrogens with two attached hydrogens (primary N) is 1. The van der Waals surface area contributed by atoms with Gasteiger partial charge in [-0.2, -0.15) is 0 Å². The zero-order chi connectivity index (χ0) is 20.1. The van der Waals surface area contributed by atoms with Gasteiger partial charge in [0.25, 0.3) is 0 Å². The van der Waals surface area contributed by atoms with Gasteiger partial charge in [0.2, 0.25) is 0 Å². The summed E-state index contributed by atoms with van der Waals surface area (Å²) >= 11 is -0.00609. The summed E-state index contributed by atoms with van der Waals surface area (Å²) in [6.07, 6.45) is 0. The van der Waals surface area contributed by atoms with Gasteiger partial charge >= 0.3 is 169 Å². The zero-order valence-electron chi connectivity index (χ0n) is 16.1. The van der Waals surface area contributed by atoms with E-state index in [9.17, 15) is 0 Å². The molecule has 28 heavy (non-hydrogen) atoms. The average molecular weight is 446 g/mol. The summed E-state index contributed by atoms with van der Waals surface area (Å²) in [5, 5.41) is 4.00. The molecule has 146 valence electrons. The van der Waals surface area contributed by atoms with Crippen molar-refractivity contribution >= 4 is 20.2 Å². The Morgan fingerprint density at radius 1 is 0.929 bits per heavy atom. The van der Waals surface area contributed by atoms with E-state index < -0.39 is 0 Å². The van der Waals surface area contributed by atoms with Crippen LogP contribution in [-0.2, 0) is 0 Å². The van der Waals surface area contributed by atoms with Crippen LogP contribution in [0.5, 0.6) is 23.0 Å². The van der Waals surface area contributed by atoms with Crippen LogP contribution in [0.15, 0.2) is 46.4 Å². The first-order valence-electron chi connectivity index (χ1n) is 8.33. The molecule has 3 aromatic rings. The van der Waals surface area contributed by atoms with E-state index in [-0.39, 0.29) is 14.5 Å². The minimum atomic E-state index is -0.00609. The summed E-state index contributed by atoms with van der Waals surface area (Å²) in [5.74, 6) is 8.11. The molecule has 0 bridgehead atoms. The van der Waals surface area contributed by atoms with Crippen LogP contribution in [-0.4, -0.2) is 53.6 Å². The maximum atomic E-state index is 5.72. The number of ether oxygens (including phenoxy) is 4. The van der Waals surface area contributed by atoms with Crippen LogP contribution in [0.4, 0.5) is 0 Å². The van der Waals surface area contributed by atoms with E-state index in [1.165, 1.54) is 0 Å². The van der Waals surface area contributed by atoms with E-state index in [2.05, 4.69) is 10.0 Å². The predicted molar refractivity (Wildman–Crippen MR) is 109 cm³/mol. The molecule has 3 rings (SSSR count). The first-order chi connectivity index (χ1) is 13.6. The van der Waals surface area contributed by atoms with Crippen LogP contribution < -0.4 is 24.8 Å². The van der Waals surface area contributed by atoms with Crippen molar-refractivity contribution in [3.63, 3.8) is 0 Å². The second-order valence-electron chi connectivity index (χ2n) is 5.66. The van der Waals surface area contributed by atoms with E-state index in [1.807, 2.05) is 36.4 Å². The summed E-state index contributed by atoms with van der Waals surface area (Å²) in [6.45, 7) is 0. The molecule has 0 aliphatic heterocycles. The molecule has 2 N–H and O–H groups in total. The normalized spacial score (nSPS) is 11.2. The van der Waals surface area contributed by atoms with Crippen molar-refractivity contribution in [2.45, 2.75) is 0 Å². The van der Waals surface area contributed by atoms with Gasteiger partial charge in [-0.25, -0.2) is 0 Å². The van der Waals surface area contributed by atoms with Gasteiger partial charge < -0.3 is 0 Å². The molecule has 8 heteroatoms. The molecule has 1 heterocycles. The van der Waals surface area contributed by atoms with Crippen molar-refractivity contribution in [1.29, 1.82) is 0 Å². The second-order valence-corrected chi connectivity index (χ2v) is 7.46. The maximum absolute atomic E-state index is 5.72. The molecule has 0 amide bonds. The van der Waals surface area contributed by atoms with Crippen LogP contribution >= 0.6 is 0 Å². The fourth-order valence-corrected chi connectivity index (χ4v) is 4.52. The van der Waals surface area contributed by atoms with Crippen molar-refractivity contribution in [3.05, 3.63) is 51.5 Å². The number of hydrazone groups is 1. The number of methoxy groups -OCH3 is 4. The number of hydrogen-bond acceptors (Lipinski definition) is 7. The fourth-order valence-electron chi connectivity index (χ4n) is 2.75. The third-order valence-corrected chi connectivity index (χ3v) is 5.94. The van der Waals surface area contributed by atoms with Gasteiger partial charge in [-0.1, -0.05) is 0 Å². The zero-order valence-corrected chi connectivity index (χ0v) is 17.8. The van der Waals surface area contributed by atoms with Crippen molar-refractivity contribution < 1.29 is 18.9 Å². The molecular formula is C20H21N3O4Se. The van der Waals surface area contributed by atoms with Crippen LogP contribution in [0, 0.1) is 0 Å². The van der Waals surface area contributed by atoms with E-state index in [1.54, 1.807) is 28.4 Å². The van der Waals surface area contributed by atoms with Gasteiger partial charge in [0.15, 0.2) is 0 Å². The van der Waals surface area contributed by atoms with Gasteiger partial charge in [0, 0.05) is 0 Å². The Hall–Kier alpha value is -2.96. The number of rotatable bonds is 7. The van der Waals surface area contributed by atoms with Crippen molar-refractivity contribution in [1.82, 2.24) is 4.98 Å². The molecule has 0 spiro atoms. The Morgan fingerprint density at radius 2 is 1.57 bits per heavy atom. The second kappa shape index (κ2) is 8.82. The standard InChI is InChI=1S/C20H21N3O4Se/c1-24-14-7-5-12(6-8-14)15-11-28-20(22-15)18(23-21)13-9-16(25-2)19(27-4)17(10-13)26-3/h5-11H,21H2,1-4H3/b23-18-. The van der Waals surface area contributed by atoms with Crippen molar-refractivity contribution in [3.8, 4) is 34.3 Å². The summed E-state index contributed by atoms with van der Waals surface area (Å²) < 4.78 is 22.3. The van der Waals surface area contributed by atoms with Gasteiger partial charge in [0.1, 0.15) is 0 Å². The average Bonchev–Trinajstić information content (AvgIpc) is 3.23. The molecule has 7 nitrogen and oxygen atoms in total. The molecule has 0 saturated heterocycles. The van der Waals surface area contributed by atoms with Gasteiger partial charge in [0.05, 0.1) is 0 Å². The summed E-state index contributed by atoms with van der Waals surface area (Å²) in [5.41, 5.74) is 3.26. The first-order valence-corrected chi connectivity index (χ1v) is 10.2. The minimum absolute atomic E-state index is 0.00609. The molecule has 0 atom stereocenters. The molecule has 0 saturated carbocycles. The third-order valence-electron chi connectivity index (χ3n) is 4.16. The Balaban J connectivity index is 2.00. The van der Waals surface area contributed by atoms with Crippen molar-refractivity contribution in [2.75, 3.05) is 28.4 Å². The monoisotopic (exact) mass is 447 g/mol. The molecule has 0 radical (unpaired) electrons. The molecule has 0 unspecified atom stereocenters. The van der Waals surface area contributed by atoms with Crippen LogP contribution in [0.1, 0.15) is 10.1 Å². The van der Waals surface area contributed by atoms with Crippen LogP contribution in [0.25, 0.3) is 11.3 Å². The number of hydrogen-bond donors (Lipinski definition) is 1. The topological polar surface area (TPSA) is 88.2 Å². The predicted octanol–water partition coefficient (Wildman–Crippen LogP) is 2.55. The number of benzene rings is 2. The summed E-state index contributed by atoms with van der Waals surface area (Å²) in [7, 11) is 6.35. The van der Waals surface area contributed by atoms with Gasteiger partial charge in [-0.15, -0.1) is 0 Å². The van der Waals surface area contributed by atoms with Crippen LogP contribution in [0.2, 0.25) is 0 Å². The quantitative estimate of drug-likeness (QED) is 0.260. The summed E-state index contributed by atoms with van der Waals surface area (Å²) in [6, 6.07) is 11.4. The van der Waals surface area contributed by atoms with E-state index in [0.717, 1.165) is 27.1 Å². The molecule has 0 fully saturated rings. The number of nitrogens with zero attached hydrogens (tertiary/aromatic N) is 2. The summed E-state index contributed by atoms with van der Waals surface area (Å²) in [4.78, 5) is 6.86. The van der Waals surface area contributed by atoms with Crippen LogP contribution in [0.3, 0.4) is 0 Å². The Morgan fingerprint density at radius 3 is 2.07 bits per heavy atom. The Labute approximate surface area is 169 Å². The van der Waals surface area contributed by atoms with E-state index in [0.29, 0.717) is 23.0 Å². The van der Waals surface area contributed by atoms with Gasteiger partial charge in [-0.05, 0) is 0 Å². The van der Waals surface area contributed by atoms with E-state index >= 15 is 0 Å². The SMILES string of the molecule is COc1ccc(-c2c[se]c(/C(=N\N)c3cc(OC)c(OC)c(OC)c3)n2)cc1. The molecule has 0 aliphatic carbocycles. The van der Waals surface area contributed by atoms with E-state index in [4.69, 9.17) is 29.8 Å².